The minimum Gasteiger partial charge on any atom is -0.313 e. The quantitative estimate of drug-likeness (QED) is 0.735. The van der Waals surface area contributed by atoms with Crippen molar-refractivity contribution in [3.8, 4) is 0 Å². The lowest BCUT2D eigenvalue weighted by Gasteiger charge is -2.16. The summed E-state index contributed by atoms with van der Waals surface area (Å²) in [6.07, 6.45) is -1.85. The first kappa shape index (κ1) is 15.1. The highest BCUT2D eigenvalue weighted by atomic mass is 32.2. The van der Waals surface area contributed by atoms with Crippen LogP contribution in [-0.2, 0) is 0 Å². The number of rotatable bonds is 7. The normalized spacial score (nSPS) is 16.4. The van der Waals surface area contributed by atoms with E-state index < -0.39 is 12.6 Å². The van der Waals surface area contributed by atoms with Crippen LogP contribution in [0.2, 0.25) is 0 Å². The Bertz CT molecular complexity index is 161. The van der Waals surface area contributed by atoms with E-state index in [0.29, 0.717) is 11.7 Å². The van der Waals surface area contributed by atoms with Crippen molar-refractivity contribution in [2.24, 2.45) is 0 Å². The van der Waals surface area contributed by atoms with Gasteiger partial charge in [-0.05, 0) is 26.0 Å². The predicted octanol–water partition coefficient (Wildman–Crippen LogP) is 3.45. The first-order chi connectivity index (χ1) is 6.85. The van der Waals surface area contributed by atoms with Crippen LogP contribution in [0.1, 0.15) is 33.1 Å². The molecule has 0 heterocycles. The van der Waals surface area contributed by atoms with Crippen molar-refractivity contribution in [2.45, 2.75) is 50.6 Å². The number of halogens is 3. The zero-order valence-electron chi connectivity index (χ0n) is 9.53. The van der Waals surface area contributed by atoms with Crippen LogP contribution < -0.4 is 5.32 Å². The van der Waals surface area contributed by atoms with Gasteiger partial charge < -0.3 is 5.32 Å². The molecule has 2 unspecified atom stereocenters. The summed E-state index contributed by atoms with van der Waals surface area (Å²) in [4.78, 5) is 0. The molecule has 92 valence electrons. The van der Waals surface area contributed by atoms with Crippen molar-refractivity contribution in [2.75, 3.05) is 12.8 Å². The van der Waals surface area contributed by atoms with Crippen molar-refractivity contribution in [3.05, 3.63) is 0 Å². The minimum absolute atomic E-state index is 0.168. The highest BCUT2D eigenvalue weighted by Crippen LogP contribution is 2.22. The average molecular weight is 243 g/mol. The largest absolute Gasteiger partial charge is 0.389 e. The van der Waals surface area contributed by atoms with Gasteiger partial charge in [-0.15, -0.1) is 0 Å². The Labute approximate surface area is 94.2 Å². The molecule has 0 saturated carbocycles. The molecule has 0 radical (unpaired) electrons. The fourth-order valence-electron chi connectivity index (χ4n) is 1.16. The van der Waals surface area contributed by atoms with Crippen molar-refractivity contribution in [1.29, 1.82) is 0 Å². The van der Waals surface area contributed by atoms with Crippen LogP contribution in [0.3, 0.4) is 0 Å². The van der Waals surface area contributed by atoms with Crippen molar-refractivity contribution < 1.29 is 13.2 Å². The van der Waals surface area contributed by atoms with Crippen LogP contribution in [0.25, 0.3) is 0 Å². The molecule has 0 spiro atoms. The third-order valence-corrected chi connectivity index (χ3v) is 3.22. The molecular formula is C10H20F3NS. The van der Waals surface area contributed by atoms with E-state index in [1.54, 1.807) is 11.8 Å². The third-order valence-electron chi connectivity index (χ3n) is 2.25. The molecule has 1 N–H and O–H groups in total. The number of nitrogens with one attached hydrogen (secondary N) is 1. The van der Waals surface area contributed by atoms with E-state index >= 15 is 0 Å². The van der Waals surface area contributed by atoms with Gasteiger partial charge in [0.05, 0.1) is 0 Å². The van der Waals surface area contributed by atoms with Gasteiger partial charge in [-0.3, -0.25) is 0 Å². The molecule has 0 amide bonds. The van der Waals surface area contributed by atoms with Gasteiger partial charge in [-0.2, -0.15) is 24.9 Å². The molecule has 0 aliphatic heterocycles. The number of alkyl halides is 3. The van der Waals surface area contributed by atoms with Gasteiger partial charge in [0.1, 0.15) is 0 Å². The van der Waals surface area contributed by atoms with E-state index in [0.717, 1.165) is 6.54 Å². The summed E-state index contributed by atoms with van der Waals surface area (Å²) in [6.45, 7) is 4.89. The average Bonchev–Trinajstić information content (AvgIpc) is 2.12. The second kappa shape index (κ2) is 7.39. The standard InChI is InChI=1S/C10H20F3NS/c1-8(14-7-9(2)15-3)5-4-6-10(11,12)13/h8-9,14H,4-7H2,1-3H3. The monoisotopic (exact) mass is 243 g/mol. The zero-order valence-corrected chi connectivity index (χ0v) is 10.3. The van der Waals surface area contributed by atoms with E-state index in [9.17, 15) is 13.2 Å². The highest BCUT2D eigenvalue weighted by Gasteiger charge is 2.26. The van der Waals surface area contributed by atoms with Crippen molar-refractivity contribution in [1.82, 2.24) is 5.32 Å². The number of thioether (sulfide) groups is 1. The predicted molar refractivity (Wildman–Crippen MR) is 60.3 cm³/mol. The Kier molecular flexibility index (Phi) is 7.44. The Morgan fingerprint density at radius 1 is 1.27 bits per heavy atom. The third kappa shape index (κ3) is 10.4. The molecule has 0 aliphatic rings. The molecule has 0 aromatic carbocycles. The molecule has 0 aromatic heterocycles. The van der Waals surface area contributed by atoms with E-state index in [1.807, 2.05) is 13.2 Å². The fraction of sp³-hybridized carbons (Fsp3) is 1.00. The smallest absolute Gasteiger partial charge is 0.313 e. The van der Waals surface area contributed by atoms with Crippen LogP contribution in [0, 0.1) is 0 Å². The SMILES string of the molecule is CSC(C)CNC(C)CCCC(F)(F)F. The number of hydrogen-bond acceptors (Lipinski definition) is 2. The second-order valence-electron chi connectivity index (χ2n) is 3.86. The molecule has 0 rings (SSSR count). The van der Waals surface area contributed by atoms with Gasteiger partial charge in [-0.25, -0.2) is 0 Å². The van der Waals surface area contributed by atoms with Gasteiger partial charge >= 0.3 is 6.18 Å². The fourth-order valence-corrected chi connectivity index (χ4v) is 1.42. The van der Waals surface area contributed by atoms with Crippen LogP contribution in [0.15, 0.2) is 0 Å². The van der Waals surface area contributed by atoms with Gasteiger partial charge in [0.2, 0.25) is 0 Å². The van der Waals surface area contributed by atoms with Gasteiger partial charge in [-0.1, -0.05) is 6.92 Å². The lowest BCUT2D eigenvalue weighted by Crippen LogP contribution is -2.31. The molecule has 2 atom stereocenters. The molecule has 5 heteroatoms. The maximum Gasteiger partial charge on any atom is 0.389 e. The number of hydrogen-bond donors (Lipinski definition) is 1. The van der Waals surface area contributed by atoms with Crippen LogP contribution in [0.5, 0.6) is 0 Å². The van der Waals surface area contributed by atoms with Crippen molar-refractivity contribution >= 4 is 11.8 Å². The Hall–Kier alpha value is 0.100. The lowest BCUT2D eigenvalue weighted by molar-refractivity contribution is -0.135. The summed E-state index contributed by atoms with van der Waals surface area (Å²) in [5, 5.41) is 3.74. The molecule has 0 aromatic rings. The van der Waals surface area contributed by atoms with Crippen LogP contribution in [-0.4, -0.2) is 30.3 Å². The summed E-state index contributed by atoms with van der Waals surface area (Å²) in [6, 6.07) is 0.168. The second-order valence-corrected chi connectivity index (χ2v) is 5.14. The Balaban J connectivity index is 3.45. The van der Waals surface area contributed by atoms with Crippen LogP contribution >= 0.6 is 11.8 Å². The zero-order chi connectivity index (χ0) is 11.9. The Morgan fingerprint density at radius 3 is 2.33 bits per heavy atom. The molecular weight excluding hydrogens is 223 g/mol. The molecule has 0 bridgehead atoms. The molecule has 15 heavy (non-hydrogen) atoms. The van der Waals surface area contributed by atoms with E-state index in [-0.39, 0.29) is 12.5 Å². The Morgan fingerprint density at radius 2 is 1.87 bits per heavy atom. The molecule has 1 nitrogen and oxygen atoms in total. The van der Waals surface area contributed by atoms with Gasteiger partial charge in [0.25, 0.3) is 0 Å². The summed E-state index contributed by atoms with van der Waals surface area (Å²) in [5.41, 5.74) is 0. The van der Waals surface area contributed by atoms with E-state index in [4.69, 9.17) is 0 Å². The maximum absolute atomic E-state index is 11.9. The summed E-state index contributed by atoms with van der Waals surface area (Å²) in [7, 11) is 0. The summed E-state index contributed by atoms with van der Waals surface area (Å²) < 4.78 is 35.6. The van der Waals surface area contributed by atoms with Crippen molar-refractivity contribution in [3.63, 3.8) is 0 Å². The molecule has 0 saturated heterocycles. The lowest BCUT2D eigenvalue weighted by atomic mass is 10.1. The van der Waals surface area contributed by atoms with Crippen LogP contribution in [0.4, 0.5) is 13.2 Å². The summed E-state index contributed by atoms with van der Waals surface area (Å²) in [5.74, 6) is 0. The van der Waals surface area contributed by atoms with Gasteiger partial charge in [0, 0.05) is 24.3 Å². The molecule has 0 fully saturated rings. The highest BCUT2D eigenvalue weighted by molar-refractivity contribution is 7.99. The van der Waals surface area contributed by atoms with E-state index in [2.05, 4.69) is 12.2 Å². The van der Waals surface area contributed by atoms with E-state index in [1.165, 1.54) is 0 Å². The van der Waals surface area contributed by atoms with Gasteiger partial charge in [0.15, 0.2) is 0 Å². The summed E-state index contributed by atoms with van der Waals surface area (Å²) >= 11 is 1.75. The first-order valence-corrected chi connectivity index (χ1v) is 6.47. The topological polar surface area (TPSA) is 12.0 Å². The maximum atomic E-state index is 11.9. The first-order valence-electron chi connectivity index (χ1n) is 5.18. The minimum atomic E-state index is -4.01. The molecule has 0 aliphatic carbocycles.